The Balaban J connectivity index is 1.76. The fourth-order valence-corrected chi connectivity index (χ4v) is 4.92. The second kappa shape index (κ2) is 6.49. The third-order valence-corrected chi connectivity index (χ3v) is 6.40. The minimum atomic E-state index is -0.298. The first-order chi connectivity index (χ1) is 10.2. The largest absolute Gasteiger partial charge is 0.348 e. The summed E-state index contributed by atoms with van der Waals surface area (Å²) in [6.45, 7) is 0.487. The van der Waals surface area contributed by atoms with Crippen molar-refractivity contribution in [2.24, 2.45) is 17.1 Å². The summed E-state index contributed by atoms with van der Waals surface area (Å²) in [6, 6.07) is 4.45. The average Bonchev–Trinajstić information content (AvgIpc) is 3.27. The van der Waals surface area contributed by atoms with Crippen molar-refractivity contribution in [2.45, 2.75) is 57.4 Å². The highest BCUT2D eigenvalue weighted by atomic mass is 32.1. The van der Waals surface area contributed by atoms with Gasteiger partial charge in [0.2, 0.25) is 5.91 Å². The summed E-state index contributed by atoms with van der Waals surface area (Å²) in [6.07, 6.45) is 9.25. The summed E-state index contributed by atoms with van der Waals surface area (Å²) in [5, 5.41) is 5.50. The van der Waals surface area contributed by atoms with Gasteiger partial charge in [0.05, 0.1) is 11.5 Å². The molecule has 2 saturated carbocycles. The molecule has 0 saturated heterocycles. The Morgan fingerprint density at radius 2 is 2.05 bits per heavy atom. The van der Waals surface area contributed by atoms with Crippen molar-refractivity contribution in [2.75, 3.05) is 6.54 Å². The van der Waals surface area contributed by atoms with Gasteiger partial charge < -0.3 is 11.1 Å². The van der Waals surface area contributed by atoms with Gasteiger partial charge in [0, 0.05) is 11.4 Å². The Bertz CT molecular complexity index is 459. The monoisotopic (exact) mass is 306 g/mol. The van der Waals surface area contributed by atoms with Crippen LogP contribution < -0.4 is 11.1 Å². The van der Waals surface area contributed by atoms with E-state index in [4.69, 9.17) is 5.73 Å². The predicted molar refractivity (Wildman–Crippen MR) is 87.1 cm³/mol. The van der Waals surface area contributed by atoms with Gasteiger partial charge in [0.15, 0.2) is 0 Å². The molecule has 3 N–H and O–H groups in total. The van der Waals surface area contributed by atoms with Crippen LogP contribution in [0.5, 0.6) is 0 Å². The maximum Gasteiger partial charge on any atom is 0.228 e. The average molecular weight is 306 g/mol. The third kappa shape index (κ3) is 3.02. The topological polar surface area (TPSA) is 55.1 Å². The maximum absolute atomic E-state index is 12.9. The number of carbonyl (C=O) groups excluding carboxylic acids is 1. The van der Waals surface area contributed by atoms with Crippen molar-refractivity contribution < 1.29 is 4.79 Å². The maximum atomic E-state index is 12.9. The second-order valence-corrected chi connectivity index (χ2v) is 7.68. The summed E-state index contributed by atoms with van der Waals surface area (Å²) in [5.74, 6) is 0.802. The lowest BCUT2D eigenvalue weighted by Gasteiger charge is -2.31. The van der Waals surface area contributed by atoms with Gasteiger partial charge in [-0.15, -0.1) is 11.3 Å². The Morgan fingerprint density at radius 3 is 2.62 bits per heavy atom. The molecule has 1 atom stereocenters. The normalized spacial score (nSPS) is 23.3. The Hall–Kier alpha value is -0.870. The number of hydrogen-bond acceptors (Lipinski definition) is 3. The predicted octanol–water partition coefficient (Wildman–Crippen LogP) is 3.61. The molecule has 3 nitrogen and oxygen atoms in total. The van der Waals surface area contributed by atoms with Crippen molar-refractivity contribution >= 4 is 17.2 Å². The molecule has 3 rings (SSSR count). The SMILES string of the molecule is NCC1(C(=O)NC(c2cccs2)C2CCCC2)CCCC1. The highest BCUT2D eigenvalue weighted by Crippen LogP contribution is 2.41. The quantitative estimate of drug-likeness (QED) is 0.873. The zero-order valence-electron chi connectivity index (χ0n) is 12.6. The number of rotatable bonds is 5. The lowest BCUT2D eigenvalue weighted by molar-refractivity contribution is -0.131. The summed E-state index contributed by atoms with van der Waals surface area (Å²) in [4.78, 5) is 14.2. The summed E-state index contributed by atoms with van der Waals surface area (Å²) in [5.41, 5.74) is 5.66. The first-order valence-corrected chi connectivity index (χ1v) is 9.18. The first kappa shape index (κ1) is 15.0. The molecule has 0 bridgehead atoms. The third-order valence-electron chi connectivity index (χ3n) is 5.44. The van der Waals surface area contributed by atoms with E-state index >= 15 is 0 Å². The molecule has 1 aromatic heterocycles. The van der Waals surface area contributed by atoms with Gasteiger partial charge in [0.25, 0.3) is 0 Å². The zero-order valence-corrected chi connectivity index (χ0v) is 13.5. The Morgan fingerprint density at radius 1 is 1.33 bits per heavy atom. The molecule has 0 aliphatic heterocycles. The fourth-order valence-electron chi connectivity index (χ4n) is 4.05. The van der Waals surface area contributed by atoms with E-state index in [1.807, 2.05) is 0 Å². The number of thiophene rings is 1. The number of nitrogens with one attached hydrogen (secondary N) is 1. The van der Waals surface area contributed by atoms with Crippen LogP contribution in [0.4, 0.5) is 0 Å². The van der Waals surface area contributed by atoms with Crippen LogP contribution in [0.2, 0.25) is 0 Å². The van der Waals surface area contributed by atoms with E-state index in [0.717, 1.165) is 25.7 Å². The number of carbonyl (C=O) groups is 1. The van der Waals surface area contributed by atoms with Crippen LogP contribution in [0.3, 0.4) is 0 Å². The summed E-state index contributed by atoms with van der Waals surface area (Å²) < 4.78 is 0. The van der Waals surface area contributed by atoms with Crippen LogP contribution in [0.25, 0.3) is 0 Å². The highest BCUT2D eigenvalue weighted by molar-refractivity contribution is 7.10. The van der Waals surface area contributed by atoms with Crippen LogP contribution in [0.1, 0.15) is 62.3 Å². The molecule has 2 fully saturated rings. The van der Waals surface area contributed by atoms with Crippen LogP contribution in [0, 0.1) is 11.3 Å². The van der Waals surface area contributed by atoms with E-state index in [9.17, 15) is 4.79 Å². The highest BCUT2D eigenvalue weighted by Gasteiger charge is 2.41. The fraction of sp³-hybridized carbons (Fsp3) is 0.706. The van der Waals surface area contributed by atoms with Gasteiger partial charge in [-0.2, -0.15) is 0 Å². The Labute approximate surface area is 131 Å². The first-order valence-electron chi connectivity index (χ1n) is 8.30. The van der Waals surface area contributed by atoms with Gasteiger partial charge in [0.1, 0.15) is 0 Å². The molecular formula is C17H26N2OS. The van der Waals surface area contributed by atoms with Crippen LogP contribution in [0.15, 0.2) is 17.5 Å². The zero-order chi connectivity index (χ0) is 14.7. The summed E-state index contributed by atoms with van der Waals surface area (Å²) in [7, 11) is 0. The standard InChI is InChI=1S/C17H26N2OS/c18-12-17(9-3-4-10-17)16(20)19-15(13-6-1-2-7-13)14-8-5-11-21-14/h5,8,11,13,15H,1-4,6-7,9-10,12,18H2,(H,19,20). The van der Waals surface area contributed by atoms with E-state index in [1.54, 1.807) is 11.3 Å². The van der Waals surface area contributed by atoms with Crippen LogP contribution >= 0.6 is 11.3 Å². The van der Waals surface area contributed by atoms with E-state index < -0.39 is 0 Å². The van der Waals surface area contributed by atoms with E-state index in [2.05, 4.69) is 22.8 Å². The van der Waals surface area contributed by atoms with Crippen molar-refractivity contribution in [1.29, 1.82) is 0 Å². The lowest BCUT2D eigenvalue weighted by atomic mass is 9.84. The lowest BCUT2D eigenvalue weighted by Crippen LogP contribution is -2.46. The molecule has 0 aromatic carbocycles. The van der Waals surface area contributed by atoms with Crippen LogP contribution in [-0.4, -0.2) is 12.5 Å². The second-order valence-electron chi connectivity index (χ2n) is 6.70. The smallest absolute Gasteiger partial charge is 0.228 e. The molecule has 2 aliphatic rings. The van der Waals surface area contributed by atoms with E-state index in [-0.39, 0.29) is 17.4 Å². The van der Waals surface area contributed by atoms with Crippen LogP contribution in [-0.2, 0) is 4.79 Å². The number of hydrogen-bond donors (Lipinski definition) is 2. The molecule has 1 amide bonds. The van der Waals surface area contributed by atoms with Gasteiger partial charge in [-0.25, -0.2) is 0 Å². The minimum absolute atomic E-state index is 0.198. The molecule has 0 spiro atoms. The molecule has 1 aromatic rings. The van der Waals surface area contributed by atoms with Gasteiger partial charge in [-0.05, 0) is 43.0 Å². The Kier molecular flexibility index (Phi) is 4.65. The van der Waals surface area contributed by atoms with Crippen molar-refractivity contribution in [3.63, 3.8) is 0 Å². The van der Waals surface area contributed by atoms with E-state index in [1.165, 1.54) is 30.6 Å². The van der Waals surface area contributed by atoms with Gasteiger partial charge in [-0.3, -0.25) is 4.79 Å². The van der Waals surface area contributed by atoms with Gasteiger partial charge in [-0.1, -0.05) is 31.7 Å². The molecular weight excluding hydrogens is 280 g/mol. The number of amides is 1. The number of nitrogens with two attached hydrogens (primary N) is 1. The van der Waals surface area contributed by atoms with Crippen molar-refractivity contribution in [3.8, 4) is 0 Å². The van der Waals surface area contributed by atoms with E-state index in [0.29, 0.717) is 12.5 Å². The molecule has 21 heavy (non-hydrogen) atoms. The van der Waals surface area contributed by atoms with Crippen molar-refractivity contribution in [3.05, 3.63) is 22.4 Å². The molecule has 0 radical (unpaired) electrons. The van der Waals surface area contributed by atoms with Gasteiger partial charge >= 0.3 is 0 Å². The molecule has 4 heteroatoms. The molecule has 1 unspecified atom stereocenters. The molecule has 116 valence electrons. The molecule has 2 aliphatic carbocycles. The summed E-state index contributed by atoms with van der Waals surface area (Å²) >= 11 is 1.76. The molecule has 1 heterocycles. The minimum Gasteiger partial charge on any atom is -0.348 e. The van der Waals surface area contributed by atoms with Crippen molar-refractivity contribution in [1.82, 2.24) is 5.32 Å².